The van der Waals surface area contributed by atoms with Crippen LogP contribution >= 0.6 is 0 Å². The molecule has 0 aliphatic heterocycles. The summed E-state index contributed by atoms with van der Waals surface area (Å²) in [5, 5.41) is 0. The van der Waals surface area contributed by atoms with E-state index in [0.29, 0.717) is 0 Å². The lowest BCUT2D eigenvalue weighted by Gasteiger charge is -2.20. The molecule has 0 amide bonds. The van der Waals surface area contributed by atoms with Gasteiger partial charge >= 0.3 is 0 Å². The lowest BCUT2D eigenvalue weighted by atomic mass is 10.1. The van der Waals surface area contributed by atoms with Crippen molar-refractivity contribution in [3.8, 4) is 0 Å². The fourth-order valence-corrected chi connectivity index (χ4v) is 1.39. The van der Waals surface area contributed by atoms with Gasteiger partial charge in [0.2, 0.25) is 0 Å². The first-order valence-corrected chi connectivity index (χ1v) is 4.72. The monoisotopic (exact) mass is 175 g/mol. The molecule has 0 atom stereocenters. The molecule has 1 rings (SSSR count). The molecule has 13 heavy (non-hydrogen) atoms. The third-order valence-electron chi connectivity index (χ3n) is 2.23. The second-order valence-electron chi connectivity index (χ2n) is 3.05. The quantitative estimate of drug-likeness (QED) is 0.682. The van der Waals surface area contributed by atoms with Crippen molar-refractivity contribution in [2.24, 2.45) is 0 Å². The Morgan fingerprint density at radius 2 is 1.92 bits per heavy atom. The van der Waals surface area contributed by atoms with E-state index in [-0.39, 0.29) is 0 Å². The van der Waals surface area contributed by atoms with Crippen LogP contribution in [-0.4, -0.2) is 18.5 Å². The van der Waals surface area contributed by atoms with Gasteiger partial charge in [-0.1, -0.05) is 36.4 Å². The largest absolute Gasteiger partial charge is 0.375 e. The third-order valence-corrected chi connectivity index (χ3v) is 2.23. The van der Waals surface area contributed by atoms with Gasteiger partial charge in [0.05, 0.1) is 0 Å². The highest BCUT2D eigenvalue weighted by Crippen LogP contribution is 2.16. The first-order chi connectivity index (χ1) is 6.29. The van der Waals surface area contributed by atoms with Crippen LogP contribution in [0, 0.1) is 0 Å². The van der Waals surface area contributed by atoms with Crippen molar-refractivity contribution in [1.29, 1.82) is 0 Å². The van der Waals surface area contributed by atoms with Crippen LogP contribution in [0.5, 0.6) is 0 Å². The molecule has 0 unspecified atom stereocenters. The van der Waals surface area contributed by atoms with Crippen molar-refractivity contribution < 1.29 is 0 Å². The molecule has 1 aromatic carbocycles. The van der Waals surface area contributed by atoms with E-state index >= 15 is 0 Å². The first kappa shape index (κ1) is 9.85. The lowest BCUT2D eigenvalue weighted by Crippen LogP contribution is -2.15. The van der Waals surface area contributed by atoms with Gasteiger partial charge in [0, 0.05) is 19.3 Å². The summed E-state index contributed by atoms with van der Waals surface area (Å²) in [6, 6.07) is 10.5. The average molecular weight is 175 g/mol. The number of rotatable bonds is 3. The number of benzene rings is 1. The maximum atomic E-state index is 2.25. The summed E-state index contributed by atoms with van der Waals surface area (Å²) >= 11 is 0. The molecule has 0 saturated carbocycles. The van der Waals surface area contributed by atoms with E-state index < -0.39 is 0 Å². The molecule has 0 aliphatic carbocycles. The van der Waals surface area contributed by atoms with E-state index in [1.807, 2.05) is 6.07 Å². The summed E-state index contributed by atoms with van der Waals surface area (Å²) in [6.07, 6.45) is 2.15. The van der Waals surface area contributed by atoms with Gasteiger partial charge in [-0.25, -0.2) is 0 Å². The molecule has 0 fully saturated rings. The highest BCUT2D eigenvalue weighted by atomic mass is 15.1. The Morgan fingerprint density at radius 3 is 2.38 bits per heavy atom. The summed E-state index contributed by atoms with van der Waals surface area (Å²) in [4.78, 5) is 2.25. The van der Waals surface area contributed by atoms with E-state index in [1.165, 1.54) is 11.3 Å². The Hall–Kier alpha value is -1.24. The van der Waals surface area contributed by atoms with E-state index in [2.05, 4.69) is 56.1 Å². The molecule has 0 bridgehead atoms. The molecule has 1 heteroatoms. The Balaban J connectivity index is 2.93. The van der Waals surface area contributed by atoms with Crippen molar-refractivity contribution in [1.82, 2.24) is 4.90 Å². The zero-order chi connectivity index (χ0) is 9.68. The molecule has 1 aromatic rings. The molecule has 0 radical (unpaired) electrons. The Morgan fingerprint density at radius 1 is 1.31 bits per heavy atom. The van der Waals surface area contributed by atoms with Crippen LogP contribution in [0.1, 0.15) is 19.4 Å². The normalized spacial score (nSPS) is 11.5. The average Bonchev–Trinajstić information content (AvgIpc) is 2.20. The summed E-state index contributed by atoms with van der Waals surface area (Å²) in [5.74, 6) is 0. The second-order valence-corrected chi connectivity index (χ2v) is 3.05. The van der Waals surface area contributed by atoms with E-state index in [0.717, 1.165) is 6.54 Å². The van der Waals surface area contributed by atoms with Crippen LogP contribution in [0.2, 0.25) is 0 Å². The number of nitrogens with zero attached hydrogens (tertiary/aromatic N) is 1. The van der Waals surface area contributed by atoms with Gasteiger partial charge in [-0.3, -0.25) is 0 Å². The standard InChI is InChI=1S/C12H17N/c1-4-12(13(3)5-2)11-9-7-6-8-10-11/h4,6-10H,5H2,1-3H3/b12-4-. The first-order valence-electron chi connectivity index (χ1n) is 4.72. The van der Waals surface area contributed by atoms with E-state index in [4.69, 9.17) is 0 Å². The van der Waals surface area contributed by atoms with Crippen molar-refractivity contribution >= 4 is 5.70 Å². The molecule has 0 saturated heterocycles. The highest BCUT2D eigenvalue weighted by molar-refractivity contribution is 5.63. The summed E-state index contributed by atoms with van der Waals surface area (Å²) in [7, 11) is 2.11. The minimum atomic E-state index is 1.04. The predicted molar refractivity (Wildman–Crippen MR) is 58.4 cm³/mol. The maximum absolute atomic E-state index is 2.25. The van der Waals surface area contributed by atoms with Crippen LogP contribution < -0.4 is 0 Å². The van der Waals surface area contributed by atoms with E-state index in [1.54, 1.807) is 0 Å². The summed E-state index contributed by atoms with van der Waals surface area (Å²) in [5.41, 5.74) is 2.58. The molecule has 0 heterocycles. The third kappa shape index (κ3) is 2.35. The fraction of sp³-hybridized carbons (Fsp3) is 0.333. The van der Waals surface area contributed by atoms with Gasteiger partial charge in [-0.15, -0.1) is 0 Å². The van der Waals surface area contributed by atoms with Gasteiger partial charge in [0.25, 0.3) is 0 Å². The van der Waals surface area contributed by atoms with Gasteiger partial charge in [0.15, 0.2) is 0 Å². The predicted octanol–water partition coefficient (Wildman–Crippen LogP) is 3.00. The molecule has 1 nitrogen and oxygen atoms in total. The van der Waals surface area contributed by atoms with Gasteiger partial charge in [0.1, 0.15) is 0 Å². The maximum Gasteiger partial charge on any atom is 0.0393 e. The van der Waals surface area contributed by atoms with Crippen LogP contribution in [0.4, 0.5) is 0 Å². The summed E-state index contributed by atoms with van der Waals surface area (Å²) < 4.78 is 0. The SMILES string of the molecule is C/C=C(/c1ccccc1)N(C)CC. The Kier molecular flexibility index (Phi) is 3.56. The van der Waals surface area contributed by atoms with Crippen molar-refractivity contribution in [2.45, 2.75) is 13.8 Å². The van der Waals surface area contributed by atoms with Crippen molar-refractivity contribution in [3.63, 3.8) is 0 Å². The van der Waals surface area contributed by atoms with Gasteiger partial charge < -0.3 is 4.90 Å². The molecule has 0 N–H and O–H groups in total. The van der Waals surface area contributed by atoms with Crippen LogP contribution in [0.15, 0.2) is 36.4 Å². The molecule has 0 aliphatic rings. The number of allylic oxidation sites excluding steroid dienone is 1. The van der Waals surface area contributed by atoms with Crippen molar-refractivity contribution in [2.75, 3.05) is 13.6 Å². The van der Waals surface area contributed by atoms with Crippen LogP contribution in [0.3, 0.4) is 0 Å². The van der Waals surface area contributed by atoms with E-state index in [9.17, 15) is 0 Å². The minimum absolute atomic E-state index is 1.04. The van der Waals surface area contributed by atoms with Gasteiger partial charge in [-0.05, 0) is 19.4 Å². The van der Waals surface area contributed by atoms with Gasteiger partial charge in [-0.2, -0.15) is 0 Å². The van der Waals surface area contributed by atoms with Crippen LogP contribution in [-0.2, 0) is 0 Å². The Bertz CT molecular complexity index is 274. The number of hydrogen-bond acceptors (Lipinski definition) is 1. The summed E-state index contributed by atoms with van der Waals surface area (Å²) in [6.45, 7) is 5.27. The molecule has 70 valence electrons. The smallest absolute Gasteiger partial charge is 0.0393 e. The fourth-order valence-electron chi connectivity index (χ4n) is 1.39. The lowest BCUT2D eigenvalue weighted by molar-refractivity contribution is 0.508. The molecular weight excluding hydrogens is 158 g/mol. The Labute approximate surface area is 80.7 Å². The highest BCUT2D eigenvalue weighted by Gasteiger charge is 2.02. The van der Waals surface area contributed by atoms with Crippen molar-refractivity contribution in [3.05, 3.63) is 42.0 Å². The number of hydrogen-bond donors (Lipinski definition) is 0. The van der Waals surface area contributed by atoms with Crippen LogP contribution in [0.25, 0.3) is 5.70 Å². The topological polar surface area (TPSA) is 3.24 Å². The molecule has 0 aromatic heterocycles. The molecule has 0 spiro atoms. The zero-order valence-corrected chi connectivity index (χ0v) is 8.62. The molecular formula is C12H17N. The second kappa shape index (κ2) is 4.70. The minimum Gasteiger partial charge on any atom is -0.375 e. The zero-order valence-electron chi connectivity index (χ0n) is 8.62.